The smallest absolute Gasteiger partial charge is 0.119 e. The summed E-state index contributed by atoms with van der Waals surface area (Å²) in [6.45, 7) is 5.57. The summed E-state index contributed by atoms with van der Waals surface area (Å²) in [5.74, 6) is 0.905. The van der Waals surface area contributed by atoms with Crippen molar-refractivity contribution in [2.24, 2.45) is 0 Å². The zero-order valence-electron chi connectivity index (χ0n) is 13.5. The van der Waals surface area contributed by atoms with Gasteiger partial charge in [-0.25, -0.2) is 0 Å². The second-order valence-corrected chi connectivity index (χ2v) is 5.84. The number of hydrogen-bond donors (Lipinski definition) is 1. The molecule has 118 valence electrons. The van der Waals surface area contributed by atoms with Gasteiger partial charge in [0.2, 0.25) is 0 Å². The van der Waals surface area contributed by atoms with E-state index in [2.05, 4.69) is 17.4 Å². The Hall–Kier alpha value is -1.10. The normalized spacial score (nSPS) is 19.5. The first kappa shape index (κ1) is 16.3. The summed E-state index contributed by atoms with van der Waals surface area (Å²) in [4.78, 5) is 0. The minimum Gasteiger partial charge on any atom is -0.491 e. The summed E-state index contributed by atoms with van der Waals surface area (Å²) in [6, 6.07) is 8.45. The Balaban J connectivity index is 2.19. The van der Waals surface area contributed by atoms with Gasteiger partial charge in [0.25, 0.3) is 0 Å². The lowest BCUT2D eigenvalue weighted by Gasteiger charge is -2.42. The van der Waals surface area contributed by atoms with E-state index in [9.17, 15) is 0 Å². The molecule has 0 aromatic heterocycles. The molecule has 0 bridgehead atoms. The summed E-state index contributed by atoms with van der Waals surface area (Å²) in [6.07, 6.45) is 2.00. The third kappa shape index (κ3) is 3.76. The first-order chi connectivity index (χ1) is 10.1. The number of likely N-dealkylation sites (N-methyl/N-ethyl adjacent to an activating group) is 1. The van der Waals surface area contributed by atoms with Gasteiger partial charge in [0.1, 0.15) is 5.75 Å². The van der Waals surface area contributed by atoms with E-state index in [-0.39, 0.29) is 17.7 Å². The topological polar surface area (TPSA) is 39.7 Å². The van der Waals surface area contributed by atoms with Gasteiger partial charge in [0.15, 0.2) is 0 Å². The number of methoxy groups -OCH3 is 1. The lowest BCUT2D eigenvalue weighted by Crippen LogP contribution is -2.48. The van der Waals surface area contributed by atoms with Crippen molar-refractivity contribution < 1.29 is 14.2 Å². The predicted molar refractivity (Wildman–Crippen MR) is 83.8 cm³/mol. The van der Waals surface area contributed by atoms with Crippen LogP contribution in [-0.4, -0.2) is 39.1 Å². The number of benzene rings is 1. The first-order valence-electron chi connectivity index (χ1n) is 7.68. The highest BCUT2D eigenvalue weighted by Gasteiger charge is 2.40. The highest BCUT2D eigenvalue weighted by atomic mass is 16.5. The molecule has 0 aliphatic carbocycles. The van der Waals surface area contributed by atoms with E-state index >= 15 is 0 Å². The summed E-state index contributed by atoms with van der Waals surface area (Å²) in [5.41, 5.74) is 1.02. The number of rotatable bonds is 6. The fourth-order valence-corrected chi connectivity index (χ4v) is 3.07. The molecule has 0 radical (unpaired) electrons. The third-order valence-corrected chi connectivity index (χ3v) is 4.15. The average molecular weight is 293 g/mol. The highest BCUT2D eigenvalue weighted by molar-refractivity contribution is 5.31. The molecule has 1 aromatic rings. The van der Waals surface area contributed by atoms with E-state index in [1.807, 2.05) is 33.0 Å². The van der Waals surface area contributed by atoms with Crippen molar-refractivity contribution in [2.45, 2.75) is 44.4 Å². The summed E-state index contributed by atoms with van der Waals surface area (Å²) in [5, 5.41) is 3.42. The molecule has 2 rings (SSSR count). The van der Waals surface area contributed by atoms with Gasteiger partial charge in [-0.2, -0.15) is 0 Å². The van der Waals surface area contributed by atoms with Crippen molar-refractivity contribution in [3.63, 3.8) is 0 Å². The number of ether oxygens (including phenoxy) is 3. The van der Waals surface area contributed by atoms with Gasteiger partial charge < -0.3 is 19.5 Å². The van der Waals surface area contributed by atoms with E-state index < -0.39 is 0 Å². The molecule has 1 N–H and O–H groups in total. The van der Waals surface area contributed by atoms with Gasteiger partial charge in [-0.3, -0.25) is 0 Å². The third-order valence-electron chi connectivity index (χ3n) is 4.15. The van der Waals surface area contributed by atoms with Crippen LogP contribution < -0.4 is 10.1 Å². The van der Waals surface area contributed by atoms with E-state index in [0.717, 1.165) is 31.8 Å². The number of hydrogen-bond acceptors (Lipinski definition) is 4. The minimum atomic E-state index is -0.201. The van der Waals surface area contributed by atoms with Crippen LogP contribution in [-0.2, 0) is 9.47 Å². The first-order valence-corrected chi connectivity index (χ1v) is 7.68. The molecule has 1 saturated heterocycles. The lowest BCUT2D eigenvalue weighted by molar-refractivity contribution is -0.110. The van der Waals surface area contributed by atoms with Gasteiger partial charge in [-0.15, -0.1) is 0 Å². The van der Waals surface area contributed by atoms with Crippen LogP contribution in [0.5, 0.6) is 5.75 Å². The van der Waals surface area contributed by atoms with Crippen LogP contribution in [0.25, 0.3) is 0 Å². The Bertz CT molecular complexity index is 424. The zero-order valence-corrected chi connectivity index (χ0v) is 13.5. The Morgan fingerprint density at radius 3 is 2.24 bits per heavy atom. The molecule has 1 aromatic carbocycles. The molecule has 1 atom stereocenters. The second kappa shape index (κ2) is 7.25. The Kier molecular flexibility index (Phi) is 5.62. The molecule has 1 aliphatic heterocycles. The van der Waals surface area contributed by atoms with Gasteiger partial charge in [-0.1, -0.05) is 12.1 Å². The summed E-state index contributed by atoms with van der Waals surface area (Å²) in [7, 11) is 3.78. The SMILES string of the molecule is CNC(c1ccc(OC(C)C)cc1)C1(OC)CCOCC1. The average Bonchev–Trinajstić information content (AvgIpc) is 2.50. The summed E-state index contributed by atoms with van der Waals surface area (Å²) >= 11 is 0. The van der Waals surface area contributed by atoms with Crippen LogP contribution >= 0.6 is 0 Å². The Morgan fingerprint density at radius 1 is 1.14 bits per heavy atom. The molecule has 21 heavy (non-hydrogen) atoms. The Labute approximate surface area is 127 Å². The molecule has 1 heterocycles. The molecule has 4 nitrogen and oxygen atoms in total. The molecular formula is C17H27NO3. The molecule has 0 spiro atoms. The highest BCUT2D eigenvalue weighted by Crippen LogP contribution is 2.37. The van der Waals surface area contributed by atoms with Crippen molar-refractivity contribution in [1.29, 1.82) is 0 Å². The van der Waals surface area contributed by atoms with Crippen LogP contribution in [0.2, 0.25) is 0 Å². The van der Waals surface area contributed by atoms with Crippen LogP contribution in [0, 0.1) is 0 Å². The molecule has 4 heteroatoms. The monoisotopic (exact) mass is 293 g/mol. The van der Waals surface area contributed by atoms with Crippen LogP contribution in [0.3, 0.4) is 0 Å². The fourth-order valence-electron chi connectivity index (χ4n) is 3.07. The quantitative estimate of drug-likeness (QED) is 0.875. The molecular weight excluding hydrogens is 266 g/mol. The van der Waals surface area contributed by atoms with E-state index in [4.69, 9.17) is 14.2 Å². The van der Waals surface area contributed by atoms with Crippen molar-refractivity contribution in [3.05, 3.63) is 29.8 Å². The lowest BCUT2D eigenvalue weighted by atomic mass is 9.82. The minimum absolute atomic E-state index is 0.152. The van der Waals surface area contributed by atoms with Crippen LogP contribution in [0.1, 0.15) is 38.3 Å². The maximum atomic E-state index is 5.91. The Morgan fingerprint density at radius 2 is 1.76 bits per heavy atom. The van der Waals surface area contributed by atoms with Crippen molar-refractivity contribution in [2.75, 3.05) is 27.4 Å². The molecule has 1 aliphatic rings. The van der Waals surface area contributed by atoms with Crippen molar-refractivity contribution >= 4 is 0 Å². The van der Waals surface area contributed by atoms with Crippen molar-refractivity contribution in [3.8, 4) is 5.75 Å². The van der Waals surface area contributed by atoms with Crippen LogP contribution in [0.4, 0.5) is 0 Å². The van der Waals surface area contributed by atoms with E-state index in [0.29, 0.717) is 0 Å². The van der Waals surface area contributed by atoms with Gasteiger partial charge in [-0.05, 0) is 38.6 Å². The van der Waals surface area contributed by atoms with Crippen LogP contribution in [0.15, 0.2) is 24.3 Å². The fraction of sp³-hybridized carbons (Fsp3) is 0.647. The van der Waals surface area contributed by atoms with Crippen molar-refractivity contribution in [1.82, 2.24) is 5.32 Å². The largest absolute Gasteiger partial charge is 0.491 e. The molecule has 0 saturated carbocycles. The van der Waals surface area contributed by atoms with E-state index in [1.165, 1.54) is 5.56 Å². The molecule has 1 fully saturated rings. The van der Waals surface area contributed by atoms with Gasteiger partial charge in [0, 0.05) is 33.2 Å². The van der Waals surface area contributed by atoms with Gasteiger partial charge >= 0.3 is 0 Å². The zero-order chi connectivity index (χ0) is 15.3. The maximum Gasteiger partial charge on any atom is 0.119 e. The maximum absolute atomic E-state index is 5.91. The second-order valence-electron chi connectivity index (χ2n) is 5.84. The molecule has 0 amide bonds. The van der Waals surface area contributed by atoms with Gasteiger partial charge in [0.05, 0.1) is 17.7 Å². The predicted octanol–water partition coefficient (Wildman–Crippen LogP) is 2.93. The summed E-state index contributed by atoms with van der Waals surface area (Å²) < 4.78 is 17.1. The molecule has 1 unspecified atom stereocenters. The van der Waals surface area contributed by atoms with E-state index in [1.54, 1.807) is 7.11 Å². The number of nitrogens with one attached hydrogen (secondary N) is 1. The standard InChI is InChI=1S/C17H27NO3/c1-13(2)21-15-7-5-14(6-8-15)16(18-3)17(19-4)9-11-20-12-10-17/h5-8,13,16,18H,9-12H2,1-4H3.